The molecular formula is C7H7Br2N. The number of hydrogen-bond acceptors (Lipinski definition) is 1. The molecule has 0 aliphatic rings. The van der Waals surface area contributed by atoms with E-state index in [0.29, 0.717) is 0 Å². The van der Waals surface area contributed by atoms with Crippen LogP contribution in [0.5, 0.6) is 0 Å². The Labute approximate surface area is 76.9 Å². The third-order valence-electron chi connectivity index (χ3n) is 1.22. The topological polar surface area (TPSA) is 26.0 Å². The van der Waals surface area contributed by atoms with Crippen LogP contribution >= 0.6 is 31.9 Å². The monoisotopic (exact) mass is 263 g/mol. The maximum Gasteiger partial charge on any atom is 0.0458 e. The molecule has 0 radical (unpaired) electrons. The lowest BCUT2D eigenvalue weighted by molar-refractivity contribution is 1.42. The number of halogens is 2. The molecule has 10 heavy (non-hydrogen) atoms. The van der Waals surface area contributed by atoms with Crippen LogP contribution in [0.1, 0.15) is 5.56 Å². The number of nitrogens with two attached hydrogens (primary N) is 1. The average molecular weight is 265 g/mol. The van der Waals surface area contributed by atoms with Crippen molar-refractivity contribution in [2.75, 3.05) is 5.73 Å². The van der Waals surface area contributed by atoms with Crippen LogP contribution in [0.3, 0.4) is 0 Å². The van der Waals surface area contributed by atoms with Gasteiger partial charge in [0.2, 0.25) is 0 Å². The van der Waals surface area contributed by atoms with Gasteiger partial charge >= 0.3 is 0 Å². The highest BCUT2D eigenvalue weighted by Gasteiger charge is 1.94. The van der Waals surface area contributed by atoms with Gasteiger partial charge in [0.1, 0.15) is 0 Å². The second-order valence-corrected chi connectivity index (χ2v) is 3.40. The largest absolute Gasteiger partial charge is 0.398 e. The molecule has 0 saturated heterocycles. The fourth-order valence-corrected chi connectivity index (χ4v) is 1.43. The smallest absolute Gasteiger partial charge is 0.0458 e. The van der Waals surface area contributed by atoms with E-state index in [0.717, 1.165) is 15.5 Å². The van der Waals surface area contributed by atoms with E-state index in [1.807, 2.05) is 18.2 Å². The van der Waals surface area contributed by atoms with Crippen LogP contribution in [0.15, 0.2) is 22.7 Å². The van der Waals surface area contributed by atoms with Crippen LogP contribution in [0.2, 0.25) is 0 Å². The minimum Gasteiger partial charge on any atom is -0.398 e. The molecule has 1 rings (SSSR count). The van der Waals surface area contributed by atoms with Gasteiger partial charge < -0.3 is 5.73 Å². The van der Waals surface area contributed by atoms with Crippen molar-refractivity contribution in [3.8, 4) is 0 Å². The molecule has 54 valence electrons. The summed E-state index contributed by atoms with van der Waals surface area (Å²) in [7, 11) is 0. The molecule has 1 aromatic carbocycles. The van der Waals surface area contributed by atoms with Crippen molar-refractivity contribution in [2.45, 2.75) is 5.33 Å². The van der Waals surface area contributed by atoms with Crippen molar-refractivity contribution >= 4 is 37.5 Å². The summed E-state index contributed by atoms with van der Waals surface area (Å²) in [6, 6.07) is 5.89. The molecule has 3 heteroatoms. The number of anilines is 1. The fourth-order valence-electron chi connectivity index (χ4n) is 0.654. The highest BCUT2D eigenvalue weighted by molar-refractivity contribution is 9.10. The van der Waals surface area contributed by atoms with Crippen LogP contribution in [0, 0.1) is 0 Å². The van der Waals surface area contributed by atoms with Crippen LogP contribution in [-0.4, -0.2) is 0 Å². The number of benzene rings is 1. The Morgan fingerprint density at radius 2 is 2.10 bits per heavy atom. The molecule has 0 saturated carbocycles. The van der Waals surface area contributed by atoms with Gasteiger partial charge in [-0.3, -0.25) is 0 Å². The van der Waals surface area contributed by atoms with Gasteiger partial charge in [0.25, 0.3) is 0 Å². The molecule has 0 unspecified atom stereocenters. The molecule has 0 spiro atoms. The Morgan fingerprint density at radius 1 is 1.40 bits per heavy atom. The molecule has 0 aromatic heterocycles. The normalized spacial score (nSPS) is 9.80. The summed E-state index contributed by atoms with van der Waals surface area (Å²) in [6.07, 6.45) is 0. The molecule has 0 bridgehead atoms. The number of rotatable bonds is 1. The van der Waals surface area contributed by atoms with Crippen LogP contribution < -0.4 is 5.73 Å². The van der Waals surface area contributed by atoms with Gasteiger partial charge in [0.15, 0.2) is 0 Å². The number of hydrogen-bond donors (Lipinski definition) is 1. The van der Waals surface area contributed by atoms with Gasteiger partial charge in [-0.15, -0.1) is 0 Å². The predicted molar refractivity (Wildman–Crippen MR) is 51.2 cm³/mol. The van der Waals surface area contributed by atoms with Gasteiger partial charge in [0.05, 0.1) is 0 Å². The minimum absolute atomic E-state index is 0.782. The van der Waals surface area contributed by atoms with Gasteiger partial charge in [0, 0.05) is 15.5 Å². The molecule has 1 aromatic rings. The maximum absolute atomic E-state index is 5.58. The van der Waals surface area contributed by atoms with Crippen LogP contribution in [0.4, 0.5) is 5.69 Å². The molecule has 0 aliphatic heterocycles. The highest BCUT2D eigenvalue weighted by atomic mass is 79.9. The molecule has 1 nitrogen and oxygen atoms in total. The standard InChI is InChI=1S/C7H7Br2N/c8-4-5-1-2-7(10)6(9)3-5/h1-3H,4,10H2. The van der Waals surface area contributed by atoms with E-state index in [1.165, 1.54) is 5.56 Å². The van der Waals surface area contributed by atoms with Crippen molar-refractivity contribution in [1.29, 1.82) is 0 Å². The van der Waals surface area contributed by atoms with E-state index in [-0.39, 0.29) is 0 Å². The van der Waals surface area contributed by atoms with E-state index in [4.69, 9.17) is 5.73 Å². The second kappa shape index (κ2) is 3.39. The van der Waals surface area contributed by atoms with Crippen LogP contribution in [-0.2, 0) is 5.33 Å². The Hall–Kier alpha value is -0.0200. The van der Waals surface area contributed by atoms with Crippen molar-refractivity contribution in [3.63, 3.8) is 0 Å². The van der Waals surface area contributed by atoms with Gasteiger partial charge in [-0.1, -0.05) is 22.0 Å². The predicted octanol–water partition coefficient (Wildman–Crippen LogP) is 2.93. The van der Waals surface area contributed by atoms with Crippen molar-refractivity contribution in [1.82, 2.24) is 0 Å². The first-order valence-corrected chi connectivity index (χ1v) is 4.75. The summed E-state index contributed by atoms with van der Waals surface area (Å²) in [5.74, 6) is 0. The first kappa shape index (κ1) is 8.08. The van der Waals surface area contributed by atoms with E-state index in [1.54, 1.807) is 0 Å². The molecular weight excluding hydrogens is 258 g/mol. The molecule has 0 amide bonds. The Morgan fingerprint density at radius 3 is 2.60 bits per heavy atom. The van der Waals surface area contributed by atoms with Crippen molar-refractivity contribution in [3.05, 3.63) is 28.2 Å². The molecule has 0 fully saturated rings. The summed E-state index contributed by atoms with van der Waals surface area (Å²) < 4.78 is 0.962. The van der Waals surface area contributed by atoms with Crippen molar-refractivity contribution < 1.29 is 0 Å². The highest BCUT2D eigenvalue weighted by Crippen LogP contribution is 2.21. The zero-order valence-electron chi connectivity index (χ0n) is 5.27. The minimum atomic E-state index is 0.782. The lowest BCUT2D eigenvalue weighted by atomic mass is 10.2. The zero-order valence-corrected chi connectivity index (χ0v) is 8.44. The van der Waals surface area contributed by atoms with Gasteiger partial charge in [-0.25, -0.2) is 0 Å². The lowest BCUT2D eigenvalue weighted by Crippen LogP contribution is -1.86. The first-order valence-electron chi connectivity index (χ1n) is 2.84. The molecule has 0 atom stereocenters. The zero-order chi connectivity index (χ0) is 7.56. The maximum atomic E-state index is 5.58. The summed E-state index contributed by atoms with van der Waals surface area (Å²) in [6.45, 7) is 0. The Kier molecular flexibility index (Phi) is 2.74. The number of nitrogen functional groups attached to an aromatic ring is 1. The molecule has 0 aliphatic carbocycles. The second-order valence-electron chi connectivity index (χ2n) is 1.99. The lowest BCUT2D eigenvalue weighted by Gasteiger charge is -1.99. The van der Waals surface area contributed by atoms with Gasteiger partial charge in [-0.05, 0) is 33.6 Å². The first-order chi connectivity index (χ1) is 4.74. The van der Waals surface area contributed by atoms with Crippen LogP contribution in [0.25, 0.3) is 0 Å². The fraction of sp³-hybridized carbons (Fsp3) is 0.143. The summed E-state index contributed by atoms with van der Waals surface area (Å²) in [5, 5.41) is 0.867. The third kappa shape index (κ3) is 1.73. The Bertz CT molecular complexity index is 235. The molecule has 2 N–H and O–H groups in total. The van der Waals surface area contributed by atoms with E-state index < -0.39 is 0 Å². The average Bonchev–Trinajstić information content (AvgIpc) is 1.95. The SMILES string of the molecule is Nc1ccc(CBr)cc1Br. The van der Waals surface area contributed by atoms with Gasteiger partial charge in [-0.2, -0.15) is 0 Å². The summed E-state index contributed by atoms with van der Waals surface area (Å²) in [5.41, 5.74) is 7.59. The van der Waals surface area contributed by atoms with Crippen molar-refractivity contribution in [2.24, 2.45) is 0 Å². The number of alkyl halides is 1. The molecule has 0 heterocycles. The summed E-state index contributed by atoms with van der Waals surface area (Å²) in [4.78, 5) is 0. The van der Waals surface area contributed by atoms with E-state index >= 15 is 0 Å². The van der Waals surface area contributed by atoms with E-state index in [2.05, 4.69) is 31.9 Å². The van der Waals surface area contributed by atoms with E-state index in [9.17, 15) is 0 Å². The third-order valence-corrected chi connectivity index (χ3v) is 2.55. The summed E-state index contributed by atoms with van der Waals surface area (Å²) >= 11 is 6.70. The Balaban J connectivity index is 3.04. The quantitative estimate of drug-likeness (QED) is 0.613.